The number of nitrogens with one attached hydrogen (secondary N) is 1. The first-order valence-electron chi connectivity index (χ1n) is 3.19. The number of aliphatic hydroxyl groups is 1. The Kier molecular flexibility index (Phi) is 5.10. The Bertz CT molecular complexity index is 146. The van der Waals surface area contributed by atoms with E-state index in [0.29, 0.717) is 6.42 Å². The minimum absolute atomic E-state index is 0.0124. The highest BCUT2D eigenvalue weighted by molar-refractivity contribution is 6.32. The van der Waals surface area contributed by atoms with Crippen LogP contribution in [0.15, 0.2) is 0 Å². The normalized spacial score (nSPS) is 8.91. The first kappa shape index (κ1) is 9.90. The maximum atomic E-state index is 10.6. The molecule has 0 unspecified atom stereocenters. The molecule has 11 heavy (non-hydrogen) atoms. The Labute approximate surface area is 64.3 Å². The van der Waals surface area contributed by atoms with Gasteiger partial charge in [-0.15, -0.1) is 0 Å². The van der Waals surface area contributed by atoms with Gasteiger partial charge >= 0.3 is 11.9 Å². The molecular weight excluding hydrogens is 150 g/mol. The highest BCUT2D eigenvalue weighted by atomic mass is 16.5. The van der Waals surface area contributed by atoms with Crippen molar-refractivity contribution in [2.24, 2.45) is 0 Å². The smallest absolute Gasteiger partial charge is 0.396 e. The summed E-state index contributed by atoms with van der Waals surface area (Å²) in [6.45, 7) is 0.270. The number of carbonyl (C=O) groups excluding carboxylic acids is 2. The van der Waals surface area contributed by atoms with Gasteiger partial charge in [-0.2, -0.15) is 0 Å². The maximum Gasteiger partial charge on any atom is 0.396 e. The van der Waals surface area contributed by atoms with Gasteiger partial charge in [0.1, 0.15) is 0 Å². The summed E-state index contributed by atoms with van der Waals surface area (Å²) < 4.78 is 4.13. The lowest BCUT2D eigenvalue weighted by molar-refractivity contribution is -0.152. The van der Waals surface area contributed by atoms with Gasteiger partial charge in [0.2, 0.25) is 0 Å². The fourth-order valence-corrected chi connectivity index (χ4v) is 0.446. The lowest BCUT2D eigenvalue weighted by Crippen LogP contribution is -2.32. The van der Waals surface area contributed by atoms with E-state index >= 15 is 0 Å². The van der Waals surface area contributed by atoms with Crippen LogP contribution in [0.25, 0.3) is 0 Å². The third-order valence-corrected chi connectivity index (χ3v) is 0.991. The first-order valence-corrected chi connectivity index (χ1v) is 3.19. The predicted molar refractivity (Wildman–Crippen MR) is 36.7 cm³/mol. The van der Waals surface area contributed by atoms with Gasteiger partial charge in [-0.05, 0) is 6.42 Å². The van der Waals surface area contributed by atoms with Crippen molar-refractivity contribution in [2.45, 2.75) is 6.42 Å². The van der Waals surface area contributed by atoms with E-state index in [1.165, 1.54) is 0 Å². The number of methoxy groups -OCH3 is 1. The Hall–Kier alpha value is -1.10. The van der Waals surface area contributed by atoms with E-state index in [2.05, 4.69) is 10.1 Å². The molecule has 0 saturated carbocycles. The van der Waals surface area contributed by atoms with Crippen LogP contribution in [0.5, 0.6) is 0 Å². The summed E-state index contributed by atoms with van der Waals surface area (Å²) in [6, 6.07) is 0. The monoisotopic (exact) mass is 161 g/mol. The Balaban J connectivity index is 3.44. The van der Waals surface area contributed by atoms with Crippen molar-refractivity contribution < 1.29 is 19.4 Å². The van der Waals surface area contributed by atoms with E-state index < -0.39 is 11.9 Å². The molecule has 5 nitrogen and oxygen atoms in total. The summed E-state index contributed by atoms with van der Waals surface area (Å²) in [7, 11) is 1.13. The van der Waals surface area contributed by atoms with E-state index in [1.807, 2.05) is 0 Å². The zero-order valence-corrected chi connectivity index (χ0v) is 6.29. The highest BCUT2D eigenvalue weighted by Crippen LogP contribution is 1.76. The summed E-state index contributed by atoms with van der Waals surface area (Å²) in [4.78, 5) is 21.0. The average Bonchev–Trinajstić information content (AvgIpc) is 2.03. The second-order valence-electron chi connectivity index (χ2n) is 1.82. The Morgan fingerprint density at radius 3 is 2.64 bits per heavy atom. The molecule has 0 atom stereocenters. The van der Waals surface area contributed by atoms with Crippen molar-refractivity contribution in [3.05, 3.63) is 0 Å². The second kappa shape index (κ2) is 5.67. The lowest BCUT2D eigenvalue weighted by Gasteiger charge is -2.00. The van der Waals surface area contributed by atoms with E-state index in [1.54, 1.807) is 0 Å². The molecule has 0 spiro atoms. The Morgan fingerprint density at radius 1 is 1.55 bits per heavy atom. The third kappa shape index (κ3) is 4.32. The molecule has 0 aliphatic carbocycles. The fourth-order valence-electron chi connectivity index (χ4n) is 0.446. The van der Waals surface area contributed by atoms with E-state index in [0.717, 1.165) is 7.11 Å². The number of esters is 1. The molecule has 0 aliphatic rings. The van der Waals surface area contributed by atoms with Gasteiger partial charge in [0, 0.05) is 13.2 Å². The first-order chi connectivity index (χ1) is 5.22. The van der Waals surface area contributed by atoms with E-state index in [9.17, 15) is 9.59 Å². The second-order valence-corrected chi connectivity index (χ2v) is 1.82. The van der Waals surface area contributed by atoms with Crippen LogP contribution >= 0.6 is 0 Å². The van der Waals surface area contributed by atoms with Crippen LogP contribution in [-0.2, 0) is 14.3 Å². The number of hydrogen-bond donors (Lipinski definition) is 2. The Morgan fingerprint density at radius 2 is 2.18 bits per heavy atom. The van der Waals surface area contributed by atoms with Crippen molar-refractivity contribution in [3.63, 3.8) is 0 Å². The molecule has 5 heteroatoms. The standard InChI is InChI=1S/C6H11NO4/c1-11-6(10)5(9)7-3-2-4-8/h8H,2-4H2,1H3,(H,7,9). The van der Waals surface area contributed by atoms with Crippen molar-refractivity contribution in [2.75, 3.05) is 20.3 Å². The van der Waals surface area contributed by atoms with Crippen molar-refractivity contribution in [1.29, 1.82) is 0 Å². The van der Waals surface area contributed by atoms with E-state index in [4.69, 9.17) is 5.11 Å². The summed E-state index contributed by atoms with van der Waals surface area (Å²) >= 11 is 0. The maximum absolute atomic E-state index is 10.6. The predicted octanol–water partition coefficient (Wildman–Crippen LogP) is -1.34. The molecule has 0 heterocycles. The molecule has 0 aromatic rings. The summed E-state index contributed by atoms with van der Waals surface area (Å²) in [6.07, 6.45) is 0.433. The minimum Gasteiger partial charge on any atom is -0.462 e. The van der Waals surface area contributed by atoms with Crippen molar-refractivity contribution in [3.8, 4) is 0 Å². The van der Waals surface area contributed by atoms with Crippen molar-refractivity contribution >= 4 is 11.9 Å². The van der Waals surface area contributed by atoms with Gasteiger partial charge in [-0.25, -0.2) is 4.79 Å². The zero-order chi connectivity index (χ0) is 8.69. The molecular formula is C6H11NO4. The van der Waals surface area contributed by atoms with Gasteiger partial charge in [0.25, 0.3) is 0 Å². The minimum atomic E-state index is -0.914. The fraction of sp³-hybridized carbons (Fsp3) is 0.667. The van der Waals surface area contributed by atoms with Crippen LogP contribution in [0.2, 0.25) is 0 Å². The van der Waals surface area contributed by atoms with Gasteiger partial charge in [-0.3, -0.25) is 4.79 Å². The molecule has 0 aliphatic heterocycles. The van der Waals surface area contributed by atoms with Crippen LogP contribution < -0.4 is 5.32 Å². The lowest BCUT2D eigenvalue weighted by atomic mass is 10.4. The number of carbonyl (C=O) groups is 2. The van der Waals surface area contributed by atoms with Gasteiger partial charge in [0.05, 0.1) is 7.11 Å². The van der Waals surface area contributed by atoms with Crippen molar-refractivity contribution in [1.82, 2.24) is 5.32 Å². The number of rotatable bonds is 3. The third-order valence-electron chi connectivity index (χ3n) is 0.991. The van der Waals surface area contributed by atoms with Gasteiger partial charge in [-0.1, -0.05) is 0 Å². The number of hydrogen-bond acceptors (Lipinski definition) is 4. The van der Waals surface area contributed by atoms with Crippen LogP contribution in [0.1, 0.15) is 6.42 Å². The topological polar surface area (TPSA) is 75.6 Å². The molecule has 0 radical (unpaired) electrons. The zero-order valence-electron chi connectivity index (χ0n) is 6.29. The molecule has 64 valence electrons. The summed E-state index contributed by atoms with van der Waals surface area (Å²) in [5.74, 6) is -1.69. The summed E-state index contributed by atoms with van der Waals surface area (Å²) in [5, 5.41) is 10.6. The van der Waals surface area contributed by atoms with Gasteiger partial charge in [0.15, 0.2) is 0 Å². The number of ether oxygens (including phenoxy) is 1. The molecule has 0 aromatic heterocycles. The van der Waals surface area contributed by atoms with Crippen LogP contribution in [0.4, 0.5) is 0 Å². The summed E-state index contributed by atoms with van der Waals surface area (Å²) in [5.41, 5.74) is 0. The number of amides is 1. The SMILES string of the molecule is COC(=O)C(=O)NCCCO. The average molecular weight is 161 g/mol. The molecule has 0 bridgehead atoms. The number of aliphatic hydroxyl groups excluding tert-OH is 1. The molecule has 0 rings (SSSR count). The van der Waals surface area contributed by atoms with Crippen LogP contribution in [0, 0.1) is 0 Å². The molecule has 0 aromatic carbocycles. The van der Waals surface area contributed by atoms with Gasteiger partial charge < -0.3 is 15.2 Å². The quantitative estimate of drug-likeness (QED) is 0.305. The molecule has 0 saturated heterocycles. The molecule has 2 N–H and O–H groups in total. The van der Waals surface area contributed by atoms with Crippen LogP contribution in [0.3, 0.4) is 0 Å². The highest BCUT2D eigenvalue weighted by Gasteiger charge is 2.11. The van der Waals surface area contributed by atoms with Crippen LogP contribution in [-0.4, -0.2) is 37.2 Å². The van der Waals surface area contributed by atoms with E-state index in [-0.39, 0.29) is 13.2 Å². The molecule has 1 amide bonds. The largest absolute Gasteiger partial charge is 0.462 e. The molecule has 0 fully saturated rings.